The molecule has 3 aromatic rings. The Bertz CT molecular complexity index is 1460. The molecular formula is C33H34N4O4. The van der Waals surface area contributed by atoms with Gasteiger partial charge in [-0.15, -0.1) is 0 Å². The fraction of sp³-hybridized carbons (Fsp3) is 0.364. The molecule has 1 aliphatic heterocycles. The maximum Gasteiger partial charge on any atom is 0.320 e. The number of aliphatic hydroxyl groups excluding tert-OH is 1. The molecule has 4 bridgehead atoms. The van der Waals surface area contributed by atoms with Gasteiger partial charge in [0, 0.05) is 17.9 Å². The first-order chi connectivity index (χ1) is 19.9. The fourth-order valence-electron chi connectivity index (χ4n) is 8.15. The molecule has 210 valence electrons. The molecule has 0 saturated heterocycles. The molecule has 8 heteroatoms. The Labute approximate surface area is 239 Å². The third-order valence-corrected chi connectivity index (χ3v) is 9.56. The van der Waals surface area contributed by atoms with Crippen LogP contribution in [0.2, 0.25) is 0 Å². The van der Waals surface area contributed by atoms with Gasteiger partial charge in [0.1, 0.15) is 0 Å². The summed E-state index contributed by atoms with van der Waals surface area (Å²) in [5.41, 5.74) is 2.31. The van der Waals surface area contributed by atoms with Crippen LogP contribution in [0.15, 0.2) is 84.9 Å². The number of urea groups is 1. The Balaban J connectivity index is 1.28. The second kappa shape index (κ2) is 10.0. The number of aliphatic hydroxyl groups is 1. The SMILES string of the molecule is O=C(Nc1ccccc1)NC1C(=O)N(CC23CC4CC(C2)C(O)C(C4)C3)c2ccccc2N(c2ccccc2)C1=O. The normalized spacial score (nSPS) is 30.1. The van der Waals surface area contributed by atoms with Gasteiger partial charge >= 0.3 is 6.03 Å². The molecule has 4 amide bonds. The van der Waals surface area contributed by atoms with E-state index in [-0.39, 0.29) is 23.4 Å². The largest absolute Gasteiger partial charge is 0.393 e. The Morgan fingerprint density at radius 3 is 2.10 bits per heavy atom. The molecule has 3 aromatic carbocycles. The number of anilines is 4. The highest BCUT2D eigenvalue weighted by Gasteiger charge is 2.56. The number of nitrogens with zero attached hydrogens (tertiary/aromatic N) is 2. The number of hydrogen-bond acceptors (Lipinski definition) is 4. The first kappa shape index (κ1) is 25.8. The van der Waals surface area contributed by atoms with Gasteiger partial charge in [-0.25, -0.2) is 4.79 Å². The van der Waals surface area contributed by atoms with Crippen LogP contribution < -0.4 is 20.4 Å². The van der Waals surface area contributed by atoms with E-state index in [4.69, 9.17) is 0 Å². The molecule has 0 radical (unpaired) electrons. The Hall–Kier alpha value is -4.17. The van der Waals surface area contributed by atoms with Gasteiger partial charge in [-0.1, -0.05) is 48.5 Å². The van der Waals surface area contributed by atoms with E-state index in [1.54, 1.807) is 34.1 Å². The zero-order valence-electron chi connectivity index (χ0n) is 22.8. The summed E-state index contributed by atoms with van der Waals surface area (Å²) in [6.45, 7) is 0.452. The molecule has 0 spiro atoms. The van der Waals surface area contributed by atoms with Crippen LogP contribution in [-0.4, -0.2) is 41.6 Å². The summed E-state index contributed by atoms with van der Waals surface area (Å²) >= 11 is 0. The predicted octanol–water partition coefficient (Wildman–Crippen LogP) is 5.08. The molecule has 3 atom stereocenters. The van der Waals surface area contributed by atoms with Crippen LogP contribution in [0.25, 0.3) is 0 Å². The van der Waals surface area contributed by atoms with Crippen molar-refractivity contribution in [1.29, 1.82) is 0 Å². The van der Waals surface area contributed by atoms with Crippen molar-refractivity contribution < 1.29 is 19.5 Å². The van der Waals surface area contributed by atoms with Crippen LogP contribution in [0.1, 0.15) is 32.1 Å². The molecule has 41 heavy (non-hydrogen) atoms. The summed E-state index contributed by atoms with van der Waals surface area (Å²) in [6, 6.07) is 23.6. The van der Waals surface area contributed by atoms with Gasteiger partial charge in [0.2, 0.25) is 0 Å². The zero-order valence-corrected chi connectivity index (χ0v) is 22.8. The second-order valence-electron chi connectivity index (χ2n) is 12.3. The zero-order chi connectivity index (χ0) is 28.1. The Morgan fingerprint density at radius 2 is 1.41 bits per heavy atom. The summed E-state index contributed by atoms with van der Waals surface area (Å²) < 4.78 is 0. The molecule has 8 rings (SSSR count). The first-order valence-electron chi connectivity index (χ1n) is 14.5. The van der Waals surface area contributed by atoms with Gasteiger partial charge in [-0.05, 0) is 91.7 Å². The molecule has 3 N–H and O–H groups in total. The molecule has 1 heterocycles. The van der Waals surface area contributed by atoms with E-state index >= 15 is 0 Å². The molecule has 8 nitrogen and oxygen atoms in total. The van der Waals surface area contributed by atoms with Gasteiger partial charge in [-0.2, -0.15) is 0 Å². The first-order valence-corrected chi connectivity index (χ1v) is 14.5. The van der Waals surface area contributed by atoms with E-state index in [1.807, 2.05) is 60.7 Å². The lowest BCUT2D eigenvalue weighted by atomic mass is 9.48. The van der Waals surface area contributed by atoms with Crippen LogP contribution in [0, 0.1) is 23.2 Å². The van der Waals surface area contributed by atoms with Crippen LogP contribution >= 0.6 is 0 Å². The van der Waals surface area contributed by atoms with Crippen molar-refractivity contribution in [3.8, 4) is 0 Å². The number of amides is 4. The topological polar surface area (TPSA) is 102 Å². The van der Waals surface area contributed by atoms with Crippen LogP contribution in [0.3, 0.4) is 0 Å². The summed E-state index contributed by atoms with van der Waals surface area (Å²) in [5, 5.41) is 16.3. The minimum Gasteiger partial charge on any atom is -0.393 e. The standard InChI is InChI=1S/C33H34N4O4/c38-29-22-15-21-16-23(29)19-33(17-21,18-22)20-36-26-13-7-8-14-27(26)37(25-11-5-2-6-12-25)31(40)28(30(36)39)35-32(41)34-24-9-3-1-4-10-24/h1-14,21-23,28-29,38H,15-20H2,(H2,34,35,41). The lowest BCUT2D eigenvalue weighted by Gasteiger charge is -2.59. The molecule has 5 aliphatic rings. The smallest absolute Gasteiger partial charge is 0.320 e. The minimum absolute atomic E-state index is 0.125. The summed E-state index contributed by atoms with van der Waals surface area (Å²) in [4.78, 5) is 45.2. The molecule has 3 unspecified atom stereocenters. The molecular weight excluding hydrogens is 516 g/mol. The van der Waals surface area contributed by atoms with Gasteiger partial charge in [0.15, 0.2) is 6.04 Å². The number of hydrogen-bond donors (Lipinski definition) is 3. The van der Waals surface area contributed by atoms with Crippen molar-refractivity contribution in [2.75, 3.05) is 21.7 Å². The maximum atomic E-state index is 14.5. The number of nitrogens with one attached hydrogen (secondary N) is 2. The molecule has 0 aromatic heterocycles. The Morgan fingerprint density at radius 1 is 0.805 bits per heavy atom. The van der Waals surface area contributed by atoms with Crippen molar-refractivity contribution in [2.45, 2.75) is 44.2 Å². The summed E-state index contributed by atoms with van der Waals surface area (Å²) in [7, 11) is 0. The second-order valence-corrected chi connectivity index (χ2v) is 12.3. The van der Waals surface area contributed by atoms with Crippen LogP contribution in [-0.2, 0) is 9.59 Å². The third kappa shape index (κ3) is 4.56. The highest BCUT2D eigenvalue weighted by Crippen LogP contribution is 2.60. The number of rotatable bonds is 5. The lowest BCUT2D eigenvalue weighted by molar-refractivity contribution is -0.136. The van der Waals surface area contributed by atoms with Gasteiger partial charge in [0.05, 0.1) is 17.5 Å². The van der Waals surface area contributed by atoms with Gasteiger partial charge in [0.25, 0.3) is 11.8 Å². The van der Waals surface area contributed by atoms with Crippen molar-refractivity contribution in [3.63, 3.8) is 0 Å². The van der Waals surface area contributed by atoms with Crippen LogP contribution in [0.4, 0.5) is 27.5 Å². The van der Waals surface area contributed by atoms with E-state index in [9.17, 15) is 19.5 Å². The number of fused-ring (bicyclic) bond motifs is 1. The fourth-order valence-corrected chi connectivity index (χ4v) is 8.15. The molecule has 4 fully saturated rings. The van der Waals surface area contributed by atoms with Crippen molar-refractivity contribution >= 4 is 40.6 Å². The van der Waals surface area contributed by atoms with E-state index < -0.39 is 23.9 Å². The van der Waals surface area contributed by atoms with E-state index in [2.05, 4.69) is 10.6 Å². The molecule has 4 saturated carbocycles. The lowest BCUT2D eigenvalue weighted by Crippen LogP contribution is -2.60. The number of carbonyl (C=O) groups excluding carboxylic acids is 3. The predicted molar refractivity (Wildman–Crippen MR) is 157 cm³/mol. The maximum absolute atomic E-state index is 14.5. The number of benzene rings is 3. The van der Waals surface area contributed by atoms with Crippen molar-refractivity contribution in [3.05, 3.63) is 84.9 Å². The summed E-state index contributed by atoms with van der Waals surface area (Å²) in [6.07, 6.45) is 4.59. The summed E-state index contributed by atoms with van der Waals surface area (Å²) in [5.74, 6) is 0.111. The third-order valence-electron chi connectivity index (χ3n) is 9.56. The number of carbonyl (C=O) groups is 3. The monoisotopic (exact) mass is 550 g/mol. The van der Waals surface area contributed by atoms with Crippen molar-refractivity contribution in [1.82, 2.24) is 5.32 Å². The van der Waals surface area contributed by atoms with Gasteiger partial charge < -0.3 is 20.6 Å². The van der Waals surface area contributed by atoms with Crippen molar-refractivity contribution in [2.24, 2.45) is 23.2 Å². The quantitative estimate of drug-likeness (QED) is 0.386. The minimum atomic E-state index is -1.43. The van der Waals surface area contributed by atoms with Gasteiger partial charge in [-0.3, -0.25) is 14.5 Å². The molecule has 4 aliphatic carbocycles. The average molecular weight is 551 g/mol. The average Bonchev–Trinajstić information content (AvgIpc) is 3.05. The van der Waals surface area contributed by atoms with E-state index in [0.29, 0.717) is 35.2 Å². The van der Waals surface area contributed by atoms with E-state index in [0.717, 1.165) is 32.1 Å². The number of para-hydroxylation sites is 4. The Kier molecular flexibility index (Phi) is 6.31. The van der Waals surface area contributed by atoms with Crippen LogP contribution in [0.5, 0.6) is 0 Å². The highest BCUT2D eigenvalue weighted by atomic mass is 16.3. The highest BCUT2D eigenvalue weighted by molar-refractivity contribution is 6.24. The van der Waals surface area contributed by atoms with E-state index in [1.165, 1.54) is 0 Å².